The normalized spacial score (nSPS) is 21.5. The van der Waals surface area contributed by atoms with Crippen LogP contribution in [0.4, 0.5) is 0 Å². The van der Waals surface area contributed by atoms with E-state index in [1.165, 1.54) is 5.56 Å². The Hall–Kier alpha value is -3.32. The third-order valence-electron chi connectivity index (χ3n) is 6.16. The van der Waals surface area contributed by atoms with E-state index >= 15 is 0 Å². The number of amidine groups is 1. The van der Waals surface area contributed by atoms with Crippen LogP contribution in [0.2, 0.25) is 0 Å². The van der Waals surface area contributed by atoms with Crippen LogP contribution in [0.25, 0.3) is 0 Å². The van der Waals surface area contributed by atoms with Crippen LogP contribution in [0.3, 0.4) is 0 Å². The number of ether oxygens (including phenoxy) is 1. The lowest BCUT2D eigenvalue weighted by atomic mass is 9.95. The number of aliphatic imine (C=N–C) groups is 1. The second-order valence-electron chi connectivity index (χ2n) is 8.20. The Morgan fingerprint density at radius 1 is 1.12 bits per heavy atom. The number of pyridine rings is 1. The molecule has 0 unspecified atom stereocenters. The van der Waals surface area contributed by atoms with E-state index in [2.05, 4.69) is 35.0 Å². The molecule has 0 amide bonds. The lowest BCUT2D eigenvalue weighted by Crippen LogP contribution is -2.35. The Morgan fingerprint density at radius 2 is 1.91 bits per heavy atom. The molecular formula is C26H25N3O3S. The molecule has 0 spiro atoms. The van der Waals surface area contributed by atoms with Crippen LogP contribution in [-0.4, -0.2) is 37.9 Å². The van der Waals surface area contributed by atoms with Crippen LogP contribution in [-0.2, 0) is 6.61 Å². The zero-order chi connectivity index (χ0) is 22.8. The largest absolute Gasteiger partial charge is 0.489 e. The van der Waals surface area contributed by atoms with Crippen molar-refractivity contribution in [3.8, 4) is 5.75 Å². The number of fused-ring (bicyclic) bond motifs is 1. The summed E-state index contributed by atoms with van der Waals surface area (Å²) >= 11 is 1.84. The number of carboxylic acid groups (broad SMARTS) is 1. The quantitative estimate of drug-likeness (QED) is 0.514. The molecule has 1 fully saturated rings. The molecule has 33 heavy (non-hydrogen) atoms. The summed E-state index contributed by atoms with van der Waals surface area (Å²) in [6, 6.07) is 21.6. The van der Waals surface area contributed by atoms with Crippen LogP contribution in [0.15, 0.2) is 77.9 Å². The summed E-state index contributed by atoms with van der Waals surface area (Å²) < 4.78 is 5.94. The van der Waals surface area contributed by atoms with Gasteiger partial charge in [-0.25, -0.2) is 4.79 Å². The first-order valence-electron chi connectivity index (χ1n) is 11.1. The Balaban J connectivity index is 1.34. The monoisotopic (exact) mass is 459 g/mol. The van der Waals surface area contributed by atoms with Gasteiger partial charge in [0.15, 0.2) is 5.17 Å². The van der Waals surface area contributed by atoms with Gasteiger partial charge in [0.05, 0.1) is 17.3 Å². The highest BCUT2D eigenvalue weighted by Gasteiger charge is 2.45. The number of nitrogens with zero attached hydrogens (tertiary/aromatic N) is 3. The van der Waals surface area contributed by atoms with Gasteiger partial charge in [-0.3, -0.25) is 9.98 Å². The van der Waals surface area contributed by atoms with Crippen LogP contribution in [0.5, 0.6) is 5.75 Å². The highest BCUT2D eigenvalue weighted by molar-refractivity contribution is 8.14. The Morgan fingerprint density at radius 3 is 2.58 bits per heavy atom. The van der Waals surface area contributed by atoms with Gasteiger partial charge in [0, 0.05) is 18.0 Å². The molecular weight excluding hydrogens is 434 g/mol. The number of aromatic carboxylic acids is 1. The van der Waals surface area contributed by atoms with Crippen LogP contribution in [0, 0.1) is 0 Å². The van der Waals surface area contributed by atoms with Gasteiger partial charge in [-0.2, -0.15) is 0 Å². The summed E-state index contributed by atoms with van der Waals surface area (Å²) in [6.45, 7) is 2.62. The molecule has 6 nitrogen and oxygen atoms in total. The van der Waals surface area contributed by atoms with Gasteiger partial charge >= 0.3 is 5.97 Å². The predicted octanol–water partition coefficient (Wildman–Crippen LogP) is 5.34. The van der Waals surface area contributed by atoms with E-state index in [0.717, 1.165) is 34.3 Å². The number of thioether (sulfide) groups is 1. The minimum atomic E-state index is -0.928. The van der Waals surface area contributed by atoms with E-state index in [4.69, 9.17) is 14.8 Å². The highest BCUT2D eigenvalue weighted by atomic mass is 32.2. The fourth-order valence-electron chi connectivity index (χ4n) is 4.38. The van der Waals surface area contributed by atoms with Gasteiger partial charge in [0.2, 0.25) is 0 Å². The molecule has 3 heterocycles. The first kappa shape index (κ1) is 21.5. The van der Waals surface area contributed by atoms with E-state index in [0.29, 0.717) is 12.6 Å². The summed E-state index contributed by atoms with van der Waals surface area (Å²) in [7, 11) is 0. The van der Waals surface area contributed by atoms with E-state index in [1.807, 2.05) is 42.2 Å². The second-order valence-corrected chi connectivity index (χ2v) is 9.18. The molecule has 0 aliphatic carbocycles. The van der Waals surface area contributed by atoms with Crippen LogP contribution < -0.4 is 4.74 Å². The number of hydrogen-bond donors (Lipinski definition) is 1. The average molecular weight is 460 g/mol. The van der Waals surface area contributed by atoms with E-state index in [9.17, 15) is 4.79 Å². The van der Waals surface area contributed by atoms with Crippen molar-refractivity contribution in [3.63, 3.8) is 0 Å². The molecule has 2 aromatic carbocycles. The fraction of sp³-hybridized carbons (Fsp3) is 0.269. The van der Waals surface area contributed by atoms with Crippen molar-refractivity contribution in [2.75, 3.05) is 5.75 Å². The lowest BCUT2D eigenvalue weighted by molar-refractivity contribution is 0.0697. The smallest absolute Gasteiger partial charge is 0.335 e. The summed E-state index contributed by atoms with van der Waals surface area (Å²) in [5.74, 6) is 0.920. The predicted molar refractivity (Wildman–Crippen MR) is 130 cm³/mol. The van der Waals surface area contributed by atoms with Crippen molar-refractivity contribution >= 4 is 22.9 Å². The number of aromatic nitrogens is 1. The minimum Gasteiger partial charge on any atom is -0.489 e. The lowest BCUT2D eigenvalue weighted by Gasteiger charge is -2.32. The van der Waals surface area contributed by atoms with Crippen LogP contribution in [0.1, 0.15) is 52.6 Å². The van der Waals surface area contributed by atoms with Crippen molar-refractivity contribution in [2.24, 2.45) is 4.99 Å². The van der Waals surface area contributed by atoms with Crippen LogP contribution >= 0.6 is 11.8 Å². The van der Waals surface area contributed by atoms with Crippen molar-refractivity contribution in [2.45, 2.75) is 38.1 Å². The molecule has 2 aliphatic rings. The molecule has 3 aromatic rings. The first-order chi connectivity index (χ1) is 16.1. The Labute approximate surface area is 197 Å². The van der Waals surface area contributed by atoms with E-state index < -0.39 is 5.97 Å². The molecule has 1 N–H and O–H groups in total. The molecule has 1 saturated heterocycles. The van der Waals surface area contributed by atoms with Crippen molar-refractivity contribution in [1.29, 1.82) is 0 Å². The number of benzene rings is 2. The summed E-state index contributed by atoms with van der Waals surface area (Å²) in [5.41, 5.74) is 3.38. The Bertz CT molecular complexity index is 1150. The molecule has 0 bridgehead atoms. The third kappa shape index (κ3) is 4.33. The number of carboxylic acids is 1. The van der Waals surface area contributed by atoms with Gasteiger partial charge < -0.3 is 14.7 Å². The molecule has 2 aliphatic heterocycles. The maximum Gasteiger partial charge on any atom is 0.335 e. The highest BCUT2D eigenvalue weighted by Crippen LogP contribution is 2.48. The number of rotatable bonds is 7. The molecule has 3 atom stereocenters. The Kier molecular flexibility index (Phi) is 6.05. The van der Waals surface area contributed by atoms with Gasteiger partial charge in [-0.05, 0) is 53.9 Å². The number of hydrogen-bond acceptors (Lipinski definition) is 6. The SMILES string of the molecule is CC[C@@H]1CSC2=N[C@@H](c3ccccn3)[C@H](c3ccc(OCc4ccc(C(=O)O)cc4)cc3)N21. The van der Waals surface area contributed by atoms with Gasteiger partial charge in [-0.15, -0.1) is 0 Å². The standard InChI is InChI=1S/C26H25N3O3S/c1-2-20-16-33-26-28-23(22-5-3-4-14-27-22)24(29(20)26)18-10-12-21(13-11-18)32-15-17-6-8-19(9-7-17)25(30)31/h3-14,20,23-24H,2,15-16H2,1H3,(H,30,31)/t20-,23+,24+/m1/s1. The zero-order valence-corrected chi connectivity index (χ0v) is 19.1. The summed E-state index contributed by atoms with van der Waals surface area (Å²) in [4.78, 5) is 23.2. The second kappa shape index (κ2) is 9.27. The fourth-order valence-corrected chi connectivity index (χ4v) is 5.72. The van der Waals surface area contributed by atoms with Crippen molar-refractivity contribution in [1.82, 2.24) is 9.88 Å². The molecule has 5 rings (SSSR count). The van der Waals surface area contributed by atoms with Gasteiger partial charge in [-0.1, -0.05) is 49.0 Å². The topological polar surface area (TPSA) is 75.0 Å². The molecule has 0 saturated carbocycles. The molecule has 1 aromatic heterocycles. The third-order valence-corrected chi connectivity index (χ3v) is 7.28. The van der Waals surface area contributed by atoms with Gasteiger partial charge in [0.1, 0.15) is 18.4 Å². The minimum absolute atomic E-state index is 0.0254. The first-order valence-corrected chi connectivity index (χ1v) is 12.1. The molecule has 7 heteroatoms. The average Bonchev–Trinajstić information content (AvgIpc) is 3.43. The summed E-state index contributed by atoms with van der Waals surface area (Å²) in [6.07, 6.45) is 2.92. The van der Waals surface area contributed by atoms with Crippen molar-refractivity contribution in [3.05, 3.63) is 95.3 Å². The molecule has 0 radical (unpaired) electrons. The maximum atomic E-state index is 11.0. The van der Waals surface area contributed by atoms with Crippen molar-refractivity contribution < 1.29 is 14.6 Å². The number of carbonyl (C=O) groups is 1. The van der Waals surface area contributed by atoms with E-state index in [1.54, 1.807) is 24.3 Å². The van der Waals surface area contributed by atoms with E-state index in [-0.39, 0.29) is 17.6 Å². The molecule has 168 valence electrons. The summed E-state index contributed by atoms with van der Waals surface area (Å²) in [5, 5.41) is 10.1. The maximum absolute atomic E-state index is 11.0. The van der Waals surface area contributed by atoms with Gasteiger partial charge in [0.25, 0.3) is 0 Å². The zero-order valence-electron chi connectivity index (χ0n) is 18.3.